The molecule has 0 bridgehead atoms. The number of terminal acetylenes is 1. The Labute approximate surface area is 210 Å². The molecule has 0 aliphatic rings. The van der Waals surface area contributed by atoms with Crippen molar-refractivity contribution in [1.82, 2.24) is 25.6 Å². The van der Waals surface area contributed by atoms with Crippen LogP contribution in [0.4, 0.5) is 0 Å². The molecule has 0 spiro atoms. The zero-order valence-corrected chi connectivity index (χ0v) is 22.6. The molecule has 2 N–H and O–H groups in total. The zero-order chi connectivity index (χ0) is 26.0. The van der Waals surface area contributed by atoms with E-state index in [4.69, 9.17) is 6.42 Å². The first-order valence-corrected chi connectivity index (χ1v) is 14.3. The summed E-state index contributed by atoms with van der Waals surface area (Å²) in [6.07, 6.45) is 6.81. The van der Waals surface area contributed by atoms with Crippen molar-refractivity contribution >= 4 is 19.9 Å². The highest BCUT2D eigenvalue weighted by Crippen LogP contribution is 2.40. The van der Waals surface area contributed by atoms with Crippen molar-refractivity contribution in [2.45, 2.75) is 70.6 Å². The Bertz CT molecular complexity index is 1070. The SMILES string of the molecule is C#CCNC(=O)C[C@@H](C(=O)NCC#C[Si](C(C)C)(C(C)C)C(C)C)n1cc(-c2ccccc2)nn1. The fraction of sp³-hybridized carbons (Fsp3) is 0.481. The summed E-state index contributed by atoms with van der Waals surface area (Å²) < 4.78 is 1.43. The molecule has 1 aromatic carbocycles. The van der Waals surface area contributed by atoms with Crippen molar-refractivity contribution in [2.24, 2.45) is 0 Å². The summed E-state index contributed by atoms with van der Waals surface area (Å²) in [6, 6.07) is 8.66. The van der Waals surface area contributed by atoms with Crippen LogP contribution >= 0.6 is 0 Å². The number of hydrogen-bond acceptors (Lipinski definition) is 4. The van der Waals surface area contributed by atoms with Gasteiger partial charge in [-0.1, -0.05) is 88.9 Å². The summed E-state index contributed by atoms with van der Waals surface area (Å²) in [6.45, 7) is 13.8. The van der Waals surface area contributed by atoms with Gasteiger partial charge in [0.2, 0.25) is 11.8 Å². The van der Waals surface area contributed by atoms with Crippen LogP contribution in [-0.4, -0.2) is 48.0 Å². The fourth-order valence-corrected chi connectivity index (χ4v) is 10.0. The number of carbonyl (C=O) groups is 2. The number of carbonyl (C=O) groups excluding carboxylic acids is 2. The maximum atomic E-state index is 13.1. The minimum Gasteiger partial charge on any atom is -0.345 e. The third-order valence-electron chi connectivity index (χ3n) is 6.49. The van der Waals surface area contributed by atoms with Gasteiger partial charge in [-0.25, -0.2) is 4.68 Å². The molecule has 8 heteroatoms. The number of amides is 2. The predicted octanol–water partition coefficient (Wildman–Crippen LogP) is 3.96. The second-order valence-corrected chi connectivity index (χ2v) is 15.1. The highest BCUT2D eigenvalue weighted by molar-refractivity contribution is 6.90. The molecule has 2 rings (SSSR count). The van der Waals surface area contributed by atoms with E-state index in [9.17, 15) is 9.59 Å². The molecule has 2 aromatic rings. The van der Waals surface area contributed by atoms with Gasteiger partial charge >= 0.3 is 0 Å². The van der Waals surface area contributed by atoms with Crippen molar-refractivity contribution in [3.8, 4) is 35.1 Å². The van der Waals surface area contributed by atoms with Gasteiger partial charge in [0.15, 0.2) is 0 Å². The van der Waals surface area contributed by atoms with E-state index >= 15 is 0 Å². The monoisotopic (exact) mass is 491 g/mol. The third kappa shape index (κ3) is 7.06. The van der Waals surface area contributed by atoms with Crippen LogP contribution in [-0.2, 0) is 9.59 Å². The van der Waals surface area contributed by atoms with Crippen LogP contribution in [0.25, 0.3) is 11.3 Å². The largest absolute Gasteiger partial charge is 0.345 e. The number of rotatable bonds is 10. The molecular formula is C27H37N5O2Si. The number of aromatic nitrogens is 3. The van der Waals surface area contributed by atoms with Gasteiger partial charge in [-0.2, -0.15) is 0 Å². The summed E-state index contributed by atoms with van der Waals surface area (Å²) in [4.78, 5) is 25.5. The fourth-order valence-electron chi connectivity index (χ4n) is 4.75. The van der Waals surface area contributed by atoms with E-state index in [1.54, 1.807) is 6.20 Å². The lowest BCUT2D eigenvalue weighted by molar-refractivity contribution is -0.129. The zero-order valence-electron chi connectivity index (χ0n) is 21.6. The molecular weight excluding hydrogens is 454 g/mol. The Morgan fingerprint density at radius 2 is 1.63 bits per heavy atom. The standard InChI is InChI=1S/C27H37N5O2Si/c1-8-15-28-26(33)18-25(32-19-24(30-31-32)23-13-10-9-11-14-23)27(34)29-16-12-17-35(20(2)3,21(4)5)22(6)7/h1,9-11,13-14,19-22,25H,15-16,18H2,2-7H3,(H,28,33)(H,29,34)/t25-/m0/s1. The molecule has 0 fully saturated rings. The van der Waals surface area contributed by atoms with Gasteiger partial charge in [-0.3, -0.25) is 9.59 Å². The molecule has 0 saturated carbocycles. The molecule has 0 saturated heterocycles. The predicted molar refractivity (Wildman–Crippen MR) is 143 cm³/mol. The maximum absolute atomic E-state index is 13.1. The van der Waals surface area contributed by atoms with E-state index in [-0.39, 0.29) is 31.3 Å². The molecule has 1 atom stereocenters. The lowest BCUT2D eigenvalue weighted by atomic mass is 10.1. The van der Waals surface area contributed by atoms with E-state index in [0.717, 1.165) is 5.56 Å². The molecule has 186 valence electrons. The number of benzene rings is 1. The highest BCUT2D eigenvalue weighted by Gasteiger charge is 2.41. The van der Waals surface area contributed by atoms with E-state index in [2.05, 4.69) is 79.9 Å². The summed E-state index contributed by atoms with van der Waals surface area (Å²) in [5.41, 5.74) is 6.60. The second-order valence-electron chi connectivity index (χ2n) is 9.57. The van der Waals surface area contributed by atoms with Gasteiger partial charge in [-0.15, -0.1) is 17.1 Å². The van der Waals surface area contributed by atoms with Crippen LogP contribution in [0.15, 0.2) is 36.5 Å². The second kappa shape index (κ2) is 12.9. The van der Waals surface area contributed by atoms with E-state index in [1.807, 2.05) is 30.3 Å². The van der Waals surface area contributed by atoms with Gasteiger partial charge in [0.1, 0.15) is 19.8 Å². The van der Waals surface area contributed by atoms with Crippen LogP contribution < -0.4 is 10.6 Å². The van der Waals surface area contributed by atoms with Crippen LogP contribution in [0, 0.1) is 23.8 Å². The van der Waals surface area contributed by atoms with Crippen molar-refractivity contribution in [3.63, 3.8) is 0 Å². The van der Waals surface area contributed by atoms with Crippen molar-refractivity contribution in [1.29, 1.82) is 0 Å². The first kappa shape index (κ1) is 27.9. The summed E-state index contributed by atoms with van der Waals surface area (Å²) >= 11 is 0. The summed E-state index contributed by atoms with van der Waals surface area (Å²) in [7, 11) is -1.89. The lowest BCUT2D eigenvalue weighted by Gasteiger charge is -2.38. The van der Waals surface area contributed by atoms with Crippen LogP contribution in [0.3, 0.4) is 0 Å². The highest BCUT2D eigenvalue weighted by atomic mass is 28.3. The first-order valence-electron chi connectivity index (χ1n) is 12.1. The minimum atomic E-state index is -1.89. The Balaban J connectivity index is 2.23. The molecule has 7 nitrogen and oxygen atoms in total. The van der Waals surface area contributed by atoms with Gasteiger partial charge in [0, 0.05) is 5.56 Å². The molecule has 1 heterocycles. The molecule has 0 aliphatic heterocycles. The number of nitrogens with one attached hydrogen (secondary N) is 2. The Kier molecular flexibility index (Phi) is 10.3. The van der Waals surface area contributed by atoms with Gasteiger partial charge in [0.05, 0.1) is 25.7 Å². The smallest absolute Gasteiger partial charge is 0.246 e. The third-order valence-corrected chi connectivity index (χ3v) is 12.8. The Morgan fingerprint density at radius 3 is 2.20 bits per heavy atom. The van der Waals surface area contributed by atoms with Crippen LogP contribution in [0.1, 0.15) is 54.0 Å². The van der Waals surface area contributed by atoms with E-state index in [1.165, 1.54) is 4.68 Å². The molecule has 1 aromatic heterocycles. The van der Waals surface area contributed by atoms with Crippen LogP contribution in [0.2, 0.25) is 16.6 Å². The lowest BCUT2D eigenvalue weighted by Crippen LogP contribution is -2.43. The quantitative estimate of drug-likeness (QED) is 0.389. The van der Waals surface area contributed by atoms with Crippen LogP contribution in [0.5, 0.6) is 0 Å². The number of nitrogens with zero attached hydrogens (tertiary/aromatic N) is 3. The maximum Gasteiger partial charge on any atom is 0.246 e. The Hall–Kier alpha value is -3.36. The van der Waals surface area contributed by atoms with E-state index in [0.29, 0.717) is 22.3 Å². The van der Waals surface area contributed by atoms with E-state index < -0.39 is 14.1 Å². The molecule has 0 aliphatic carbocycles. The number of hydrogen-bond donors (Lipinski definition) is 2. The van der Waals surface area contributed by atoms with Crippen molar-refractivity contribution in [2.75, 3.05) is 13.1 Å². The topological polar surface area (TPSA) is 88.9 Å². The molecule has 35 heavy (non-hydrogen) atoms. The van der Waals surface area contributed by atoms with Crippen molar-refractivity contribution in [3.05, 3.63) is 36.5 Å². The first-order chi connectivity index (χ1) is 16.6. The molecule has 0 unspecified atom stereocenters. The average Bonchev–Trinajstić information content (AvgIpc) is 3.31. The van der Waals surface area contributed by atoms with Gasteiger partial charge in [-0.05, 0) is 16.6 Å². The van der Waals surface area contributed by atoms with Gasteiger partial charge in [0.25, 0.3) is 0 Å². The van der Waals surface area contributed by atoms with Crippen molar-refractivity contribution < 1.29 is 9.59 Å². The molecule has 0 radical (unpaired) electrons. The van der Waals surface area contributed by atoms with Gasteiger partial charge < -0.3 is 10.6 Å². The normalized spacial score (nSPS) is 12.1. The minimum absolute atomic E-state index is 0.0948. The Morgan fingerprint density at radius 1 is 1.00 bits per heavy atom. The summed E-state index contributed by atoms with van der Waals surface area (Å²) in [5, 5.41) is 13.8. The molecule has 2 amide bonds. The average molecular weight is 492 g/mol. The summed E-state index contributed by atoms with van der Waals surface area (Å²) in [5.74, 6) is 4.92.